The van der Waals surface area contributed by atoms with Crippen molar-refractivity contribution in [2.24, 2.45) is 5.41 Å². The van der Waals surface area contributed by atoms with Crippen LogP contribution in [0.15, 0.2) is 18.2 Å². The van der Waals surface area contributed by atoms with E-state index in [0.717, 1.165) is 32.0 Å². The lowest BCUT2D eigenvalue weighted by molar-refractivity contribution is 0.196. The van der Waals surface area contributed by atoms with E-state index in [1.165, 1.54) is 12.1 Å². The lowest BCUT2D eigenvalue weighted by atomic mass is 9.83. The van der Waals surface area contributed by atoms with E-state index in [-0.39, 0.29) is 17.0 Å². The maximum atomic E-state index is 13.5. The van der Waals surface area contributed by atoms with Gasteiger partial charge in [0.15, 0.2) is 0 Å². The van der Waals surface area contributed by atoms with Gasteiger partial charge in [-0.15, -0.1) is 0 Å². The standard InChI is InChI=1S/C16H25F2NO/c1-16(2,8-9-19-10-11-20-3)7-6-13-12-14(17)4-5-15(13)18/h4-5,12,19H,6-11H2,1-3H3. The molecule has 0 heterocycles. The molecule has 0 saturated carbocycles. The van der Waals surface area contributed by atoms with Crippen LogP contribution in [0.25, 0.3) is 0 Å². The summed E-state index contributed by atoms with van der Waals surface area (Å²) in [6, 6.07) is 3.65. The largest absolute Gasteiger partial charge is 0.383 e. The van der Waals surface area contributed by atoms with Gasteiger partial charge in [0.2, 0.25) is 0 Å². The molecule has 1 aromatic carbocycles. The molecule has 0 radical (unpaired) electrons. The molecule has 0 aromatic heterocycles. The quantitative estimate of drug-likeness (QED) is 0.701. The van der Waals surface area contributed by atoms with E-state index in [2.05, 4.69) is 19.2 Å². The zero-order valence-electron chi connectivity index (χ0n) is 12.6. The van der Waals surface area contributed by atoms with Gasteiger partial charge in [-0.1, -0.05) is 13.8 Å². The first kappa shape index (κ1) is 17.1. The molecule has 114 valence electrons. The van der Waals surface area contributed by atoms with Crippen LogP contribution in [0.4, 0.5) is 8.78 Å². The number of benzene rings is 1. The van der Waals surface area contributed by atoms with Crippen molar-refractivity contribution >= 4 is 0 Å². The molecule has 0 aliphatic rings. The van der Waals surface area contributed by atoms with Crippen LogP contribution in [0.5, 0.6) is 0 Å². The fourth-order valence-electron chi connectivity index (χ4n) is 2.06. The van der Waals surface area contributed by atoms with Crippen LogP contribution in [0.1, 0.15) is 32.3 Å². The van der Waals surface area contributed by atoms with Crippen LogP contribution >= 0.6 is 0 Å². The Labute approximate surface area is 120 Å². The van der Waals surface area contributed by atoms with Crippen molar-refractivity contribution in [3.8, 4) is 0 Å². The smallest absolute Gasteiger partial charge is 0.126 e. The van der Waals surface area contributed by atoms with Gasteiger partial charge in [0.1, 0.15) is 11.6 Å². The molecular formula is C16H25F2NO. The van der Waals surface area contributed by atoms with Crippen molar-refractivity contribution < 1.29 is 13.5 Å². The Morgan fingerprint density at radius 2 is 1.90 bits per heavy atom. The van der Waals surface area contributed by atoms with Crippen molar-refractivity contribution in [2.45, 2.75) is 33.1 Å². The first-order valence-corrected chi connectivity index (χ1v) is 7.08. The highest BCUT2D eigenvalue weighted by Gasteiger charge is 2.18. The zero-order chi connectivity index (χ0) is 15.0. The summed E-state index contributed by atoms with van der Waals surface area (Å²) in [6.45, 7) is 6.76. The summed E-state index contributed by atoms with van der Waals surface area (Å²) in [5.74, 6) is -0.694. The highest BCUT2D eigenvalue weighted by Crippen LogP contribution is 2.27. The van der Waals surface area contributed by atoms with Crippen LogP contribution in [0, 0.1) is 17.0 Å². The molecule has 20 heavy (non-hydrogen) atoms. The average Bonchev–Trinajstić information content (AvgIpc) is 2.40. The number of methoxy groups -OCH3 is 1. The fraction of sp³-hybridized carbons (Fsp3) is 0.625. The summed E-state index contributed by atoms with van der Waals surface area (Å²) < 4.78 is 31.6. The summed E-state index contributed by atoms with van der Waals surface area (Å²) in [5.41, 5.74) is 0.559. The number of rotatable bonds is 9. The fourth-order valence-corrected chi connectivity index (χ4v) is 2.06. The van der Waals surface area contributed by atoms with Crippen LogP contribution < -0.4 is 5.32 Å². The normalized spacial score (nSPS) is 11.8. The van der Waals surface area contributed by atoms with Gasteiger partial charge in [-0.2, -0.15) is 0 Å². The van der Waals surface area contributed by atoms with Gasteiger partial charge < -0.3 is 10.1 Å². The third-order valence-electron chi connectivity index (χ3n) is 3.54. The van der Waals surface area contributed by atoms with Crippen LogP contribution in [-0.4, -0.2) is 26.8 Å². The average molecular weight is 285 g/mol. The van der Waals surface area contributed by atoms with Crippen LogP contribution in [0.2, 0.25) is 0 Å². The highest BCUT2D eigenvalue weighted by molar-refractivity contribution is 5.18. The molecule has 0 bridgehead atoms. The first-order chi connectivity index (χ1) is 9.44. The number of aryl methyl sites for hydroxylation is 1. The molecule has 0 fully saturated rings. The molecule has 1 rings (SSSR count). The van der Waals surface area contributed by atoms with Crippen LogP contribution in [0.3, 0.4) is 0 Å². The molecule has 0 saturated heterocycles. The second-order valence-corrected chi connectivity index (χ2v) is 5.89. The second-order valence-electron chi connectivity index (χ2n) is 5.89. The first-order valence-electron chi connectivity index (χ1n) is 7.08. The minimum Gasteiger partial charge on any atom is -0.383 e. The Balaban J connectivity index is 2.36. The minimum absolute atomic E-state index is 0.0961. The molecule has 0 atom stereocenters. The van der Waals surface area contributed by atoms with Gasteiger partial charge in [-0.05, 0) is 55.0 Å². The van der Waals surface area contributed by atoms with E-state index >= 15 is 0 Å². The van der Waals surface area contributed by atoms with E-state index in [1.54, 1.807) is 7.11 Å². The Hall–Kier alpha value is -1.00. The maximum Gasteiger partial charge on any atom is 0.126 e. The number of ether oxygens (including phenoxy) is 1. The lowest BCUT2D eigenvalue weighted by Crippen LogP contribution is -2.25. The van der Waals surface area contributed by atoms with E-state index in [9.17, 15) is 8.78 Å². The molecule has 0 aliphatic heterocycles. The summed E-state index contributed by atoms with van der Waals surface area (Å²) in [4.78, 5) is 0. The molecule has 1 aromatic rings. The second kappa shape index (κ2) is 8.32. The molecule has 0 spiro atoms. The third-order valence-corrected chi connectivity index (χ3v) is 3.54. The summed E-state index contributed by atoms with van der Waals surface area (Å²) >= 11 is 0. The number of halogens is 2. The predicted octanol–water partition coefficient (Wildman–Crippen LogP) is 3.55. The summed E-state index contributed by atoms with van der Waals surface area (Å²) in [6.07, 6.45) is 2.39. The minimum atomic E-state index is -0.375. The maximum absolute atomic E-state index is 13.5. The van der Waals surface area contributed by atoms with Crippen molar-refractivity contribution in [2.75, 3.05) is 26.8 Å². The number of hydrogen-bond acceptors (Lipinski definition) is 2. The van der Waals surface area contributed by atoms with Crippen molar-refractivity contribution in [3.63, 3.8) is 0 Å². The van der Waals surface area contributed by atoms with Gasteiger partial charge in [0, 0.05) is 13.7 Å². The van der Waals surface area contributed by atoms with Crippen molar-refractivity contribution in [1.29, 1.82) is 0 Å². The van der Waals surface area contributed by atoms with Crippen LogP contribution in [-0.2, 0) is 11.2 Å². The molecule has 2 nitrogen and oxygen atoms in total. The van der Waals surface area contributed by atoms with Gasteiger partial charge in [-0.25, -0.2) is 8.78 Å². The molecule has 4 heteroatoms. The van der Waals surface area contributed by atoms with E-state index < -0.39 is 0 Å². The lowest BCUT2D eigenvalue weighted by Gasteiger charge is -2.25. The molecule has 0 aliphatic carbocycles. The highest BCUT2D eigenvalue weighted by atomic mass is 19.1. The number of hydrogen-bond donors (Lipinski definition) is 1. The van der Waals surface area contributed by atoms with E-state index in [0.29, 0.717) is 18.6 Å². The monoisotopic (exact) mass is 285 g/mol. The molecule has 0 amide bonds. The van der Waals surface area contributed by atoms with Gasteiger partial charge in [0.25, 0.3) is 0 Å². The molecular weight excluding hydrogens is 260 g/mol. The Kier molecular flexibility index (Phi) is 7.10. The summed E-state index contributed by atoms with van der Waals surface area (Å²) in [5, 5.41) is 3.30. The van der Waals surface area contributed by atoms with Gasteiger partial charge in [-0.3, -0.25) is 0 Å². The third kappa shape index (κ3) is 6.44. The number of nitrogens with one attached hydrogen (secondary N) is 1. The van der Waals surface area contributed by atoms with Crippen molar-refractivity contribution in [3.05, 3.63) is 35.4 Å². The summed E-state index contributed by atoms with van der Waals surface area (Å²) in [7, 11) is 1.68. The van der Waals surface area contributed by atoms with Crippen molar-refractivity contribution in [1.82, 2.24) is 5.32 Å². The Bertz CT molecular complexity index is 407. The molecule has 1 N–H and O–H groups in total. The zero-order valence-corrected chi connectivity index (χ0v) is 12.6. The Morgan fingerprint density at radius 1 is 1.15 bits per heavy atom. The molecule has 0 unspecified atom stereocenters. The van der Waals surface area contributed by atoms with Gasteiger partial charge >= 0.3 is 0 Å². The van der Waals surface area contributed by atoms with E-state index in [1.807, 2.05) is 0 Å². The predicted molar refractivity (Wildman–Crippen MR) is 77.8 cm³/mol. The Morgan fingerprint density at radius 3 is 2.60 bits per heavy atom. The van der Waals surface area contributed by atoms with Gasteiger partial charge in [0.05, 0.1) is 6.61 Å². The topological polar surface area (TPSA) is 21.3 Å². The van der Waals surface area contributed by atoms with E-state index in [4.69, 9.17) is 4.74 Å². The SMILES string of the molecule is COCCNCCC(C)(C)CCc1cc(F)ccc1F.